The lowest BCUT2D eigenvalue weighted by Crippen LogP contribution is -2.38. The predicted octanol–water partition coefficient (Wildman–Crippen LogP) is 2.12. The van der Waals surface area contributed by atoms with E-state index in [1.54, 1.807) is 13.2 Å². The first-order valence-electron chi connectivity index (χ1n) is 8.69. The molecule has 2 aromatic rings. The number of carbonyl (C=O) groups excluding carboxylic acids is 1. The highest BCUT2D eigenvalue weighted by atomic mass is 32.2. The number of hydrogen-bond donors (Lipinski definition) is 1. The second-order valence-corrected chi connectivity index (χ2v) is 8.34. The summed E-state index contributed by atoms with van der Waals surface area (Å²) in [7, 11) is -1.87. The van der Waals surface area contributed by atoms with E-state index in [-0.39, 0.29) is 32.0 Å². The smallest absolute Gasteiger partial charge is 0.224 e. The maximum Gasteiger partial charge on any atom is 0.224 e. The molecule has 7 heteroatoms. The number of methoxy groups -OCH3 is 1. The molecule has 0 spiro atoms. The Morgan fingerprint density at radius 1 is 1.07 bits per heavy atom. The molecule has 0 saturated carbocycles. The molecule has 0 atom stereocenters. The fourth-order valence-corrected chi connectivity index (χ4v) is 3.55. The van der Waals surface area contributed by atoms with Crippen LogP contribution in [0, 0.1) is 6.92 Å². The fourth-order valence-electron chi connectivity index (χ4n) is 2.75. The summed E-state index contributed by atoms with van der Waals surface area (Å²) in [5, 5.41) is 2.80. The average Bonchev–Trinajstić information content (AvgIpc) is 2.62. The molecule has 0 radical (unpaired) electrons. The number of sulfonamides is 1. The summed E-state index contributed by atoms with van der Waals surface area (Å²) >= 11 is 0. The molecule has 146 valence electrons. The molecule has 0 fully saturated rings. The van der Waals surface area contributed by atoms with E-state index in [2.05, 4.69) is 5.32 Å². The largest absolute Gasteiger partial charge is 0.496 e. The van der Waals surface area contributed by atoms with Crippen LogP contribution in [0.15, 0.2) is 48.5 Å². The lowest BCUT2D eigenvalue weighted by atomic mass is 10.1. The normalized spacial score (nSPS) is 11.4. The quantitative estimate of drug-likeness (QED) is 0.712. The van der Waals surface area contributed by atoms with Gasteiger partial charge in [-0.05, 0) is 24.1 Å². The topological polar surface area (TPSA) is 75.7 Å². The molecule has 0 aromatic heterocycles. The molecule has 0 aliphatic rings. The molecule has 1 N–H and O–H groups in total. The van der Waals surface area contributed by atoms with Gasteiger partial charge < -0.3 is 10.1 Å². The van der Waals surface area contributed by atoms with Crippen molar-refractivity contribution in [1.82, 2.24) is 9.62 Å². The molecule has 0 aliphatic heterocycles. The van der Waals surface area contributed by atoms with Crippen LogP contribution in [0.5, 0.6) is 5.75 Å². The Bertz CT molecular complexity index is 881. The predicted molar refractivity (Wildman–Crippen MR) is 106 cm³/mol. The van der Waals surface area contributed by atoms with Gasteiger partial charge in [0.25, 0.3) is 0 Å². The molecule has 0 bridgehead atoms. The number of para-hydroxylation sites is 1. The molecule has 0 unspecified atom stereocenters. The second kappa shape index (κ2) is 9.53. The number of ether oxygens (including phenoxy) is 1. The minimum Gasteiger partial charge on any atom is -0.496 e. The molecule has 6 nitrogen and oxygen atoms in total. The van der Waals surface area contributed by atoms with Gasteiger partial charge in [-0.15, -0.1) is 0 Å². The number of nitrogens with zero attached hydrogens (tertiary/aromatic N) is 1. The van der Waals surface area contributed by atoms with Crippen LogP contribution in [-0.4, -0.2) is 45.1 Å². The Balaban J connectivity index is 1.95. The Morgan fingerprint density at radius 2 is 1.70 bits per heavy atom. The highest BCUT2D eigenvalue weighted by Gasteiger charge is 2.19. The van der Waals surface area contributed by atoms with Crippen LogP contribution >= 0.6 is 0 Å². The van der Waals surface area contributed by atoms with E-state index >= 15 is 0 Å². The van der Waals surface area contributed by atoms with Gasteiger partial charge in [0, 0.05) is 25.2 Å². The van der Waals surface area contributed by atoms with Crippen molar-refractivity contribution in [3.63, 3.8) is 0 Å². The fraction of sp³-hybridized carbons (Fsp3) is 0.350. The average molecular weight is 391 g/mol. The lowest BCUT2D eigenvalue weighted by molar-refractivity contribution is -0.120. The van der Waals surface area contributed by atoms with Crippen molar-refractivity contribution in [2.45, 2.75) is 19.9 Å². The number of rotatable bonds is 9. The van der Waals surface area contributed by atoms with Crippen molar-refractivity contribution in [3.8, 4) is 5.75 Å². The third kappa shape index (κ3) is 6.37. The van der Waals surface area contributed by atoms with Crippen molar-refractivity contribution in [1.29, 1.82) is 0 Å². The van der Waals surface area contributed by atoms with Gasteiger partial charge in [-0.3, -0.25) is 4.79 Å². The minimum atomic E-state index is -3.43. The van der Waals surface area contributed by atoms with E-state index in [0.29, 0.717) is 5.75 Å². The molecule has 27 heavy (non-hydrogen) atoms. The maximum atomic E-state index is 12.2. The lowest BCUT2D eigenvalue weighted by Gasteiger charge is -2.21. The molecule has 2 rings (SSSR count). The Kier molecular flexibility index (Phi) is 7.38. The van der Waals surface area contributed by atoms with Gasteiger partial charge in [0.05, 0.1) is 19.8 Å². The summed E-state index contributed by atoms with van der Waals surface area (Å²) < 4.78 is 30.9. The van der Waals surface area contributed by atoms with Crippen molar-refractivity contribution >= 4 is 15.9 Å². The number of benzene rings is 2. The van der Waals surface area contributed by atoms with Gasteiger partial charge in [-0.2, -0.15) is 4.31 Å². The number of carbonyl (C=O) groups is 1. The van der Waals surface area contributed by atoms with Crippen molar-refractivity contribution in [2.24, 2.45) is 0 Å². The van der Waals surface area contributed by atoms with Gasteiger partial charge in [0.1, 0.15) is 5.75 Å². The van der Waals surface area contributed by atoms with Gasteiger partial charge in [0.2, 0.25) is 15.9 Å². The molecule has 0 saturated heterocycles. The van der Waals surface area contributed by atoms with Crippen LogP contribution in [0.3, 0.4) is 0 Å². The zero-order chi connectivity index (χ0) is 19.9. The SMILES string of the molecule is COc1ccccc1CN(CCNC(=O)Cc1ccccc1C)S(C)(=O)=O. The maximum absolute atomic E-state index is 12.2. The number of aryl methyl sites for hydroxylation is 1. The monoisotopic (exact) mass is 390 g/mol. The standard InChI is InChI=1S/C20H26N2O4S/c1-16-8-4-5-9-17(16)14-20(23)21-12-13-22(27(3,24)25)15-18-10-6-7-11-19(18)26-2/h4-11H,12-15H2,1-3H3,(H,21,23). The van der Waals surface area contributed by atoms with E-state index in [1.165, 1.54) is 4.31 Å². The third-order valence-corrected chi connectivity index (χ3v) is 5.55. The summed E-state index contributed by atoms with van der Waals surface area (Å²) in [6, 6.07) is 15.0. The molecular formula is C20H26N2O4S. The highest BCUT2D eigenvalue weighted by molar-refractivity contribution is 7.88. The zero-order valence-electron chi connectivity index (χ0n) is 15.9. The van der Waals surface area contributed by atoms with Crippen LogP contribution in [-0.2, 0) is 27.8 Å². The van der Waals surface area contributed by atoms with Crippen molar-refractivity contribution in [3.05, 3.63) is 65.2 Å². The van der Waals surface area contributed by atoms with Crippen molar-refractivity contribution < 1.29 is 17.9 Å². The second-order valence-electron chi connectivity index (χ2n) is 6.36. The highest BCUT2D eigenvalue weighted by Crippen LogP contribution is 2.20. The molecule has 0 heterocycles. The molecule has 1 amide bonds. The van der Waals surface area contributed by atoms with Crippen LogP contribution in [0.4, 0.5) is 0 Å². The van der Waals surface area contributed by atoms with Gasteiger partial charge >= 0.3 is 0 Å². The third-order valence-electron chi connectivity index (χ3n) is 4.30. The number of hydrogen-bond acceptors (Lipinski definition) is 4. The van der Waals surface area contributed by atoms with E-state index in [1.807, 2.05) is 49.4 Å². The molecule has 2 aromatic carbocycles. The van der Waals surface area contributed by atoms with E-state index in [9.17, 15) is 13.2 Å². The van der Waals surface area contributed by atoms with E-state index in [0.717, 1.165) is 22.9 Å². The summed E-state index contributed by atoms with van der Waals surface area (Å²) in [5.41, 5.74) is 2.79. The van der Waals surface area contributed by atoms with Crippen LogP contribution in [0.2, 0.25) is 0 Å². The first kappa shape index (κ1) is 20.9. The first-order valence-corrected chi connectivity index (χ1v) is 10.5. The van der Waals surface area contributed by atoms with Crippen LogP contribution < -0.4 is 10.1 Å². The summed E-state index contributed by atoms with van der Waals surface area (Å²) in [4.78, 5) is 12.2. The zero-order valence-corrected chi connectivity index (χ0v) is 16.8. The number of amides is 1. The van der Waals surface area contributed by atoms with Gasteiger partial charge in [-0.1, -0.05) is 42.5 Å². The Labute approximate surface area is 161 Å². The van der Waals surface area contributed by atoms with Gasteiger partial charge in [-0.25, -0.2) is 8.42 Å². The molecular weight excluding hydrogens is 364 g/mol. The van der Waals surface area contributed by atoms with Crippen molar-refractivity contribution in [2.75, 3.05) is 26.5 Å². The first-order chi connectivity index (χ1) is 12.8. The van der Waals surface area contributed by atoms with Crippen LogP contribution in [0.25, 0.3) is 0 Å². The van der Waals surface area contributed by atoms with Crippen LogP contribution in [0.1, 0.15) is 16.7 Å². The summed E-state index contributed by atoms with van der Waals surface area (Å²) in [6.07, 6.45) is 1.44. The van der Waals surface area contributed by atoms with E-state index < -0.39 is 10.0 Å². The Morgan fingerprint density at radius 3 is 2.33 bits per heavy atom. The molecule has 0 aliphatic carbocycles. The number of nitrogens with one attached hydrogen (secondary N) is 1. The van der Waals surface area contributed by atoms with Gasteiger partial charge in [0.15, 0.2) is 0 Å². The minimum absolute atomic E-state index is 0.130. The summed E-state index contributed by atoms with van der Waals surface area (Å²) in [6.45, 7) is 2.58. The van der Waals surface area contributed by atoms with E-state index in [4.69, 9.17) is 4.74 Å². The Hall–Kier alpha value is -2.38. The summed E-state index contributed by atoms with van der Waals surface area (Å²) in [5.74, 6) is 0.504.